The van der Waals surface area contributed by atoms with Crippen LogP contribution >= 0.6 is 0 Å². The fourth-order valence-corrected chi connectivity index (χ4v) is 15.6. The normalized spacial score (nSPS) is 14.1. The van der Waals surface area contributed by atoms with Crippen LogP contribution in [0.3, 0.4) is 0 Å². The van der Waals surface area contributed by atoms with Gasteiger partial charge in [-0.05, 0) is 83.5 Å². The Morgan fingerprint density at radius 2 is 0.800 bits per heavy atom. The largest absolute Gasteiger partial charge is 0.245 e. The Morgan fingerprint density at radius 1 is 0.350 bits per heavy atom. The molecule has 60 heavy (non-hydrogen) atoms. The predicted molar refractivity (Wildman–Crippen MR) is 254 cm³/mol. The number of hydrogen-bond acceptors (Lipinski definition) is 2. The van der Waals surface area contributed by atoms with Gasteiger partial charge in [0.15, 0.2) is 8.07 Å². The Hall–Kier alpha value is -7.20. The number of hydrogen-bond donors (Lipinski definition) is 0. The summed E-state index contributed by atoms with van der Waals surface area (Å²) in [5.41, 5.74) is 16.4. The van der Waals surface area contributed by atoms with Crippen LogP contribution in [-0.2, 0) is 5.41 Å². The van der Waals surface area contributed by atoms with E-state index in [1.807, 2.05) is 0 Å². The third-order valence-corrected chi connectivity index (χ3v) is 18.3. The van der Waals surface area contributed by atoms with Crippen molar-refractivity contribution in [2.45, 2.75) is 19.3 Å². The fourth-order valence-electron chi connectivity index (χ4n) is 10.4. The highest BCUT2D eigenvalue weighted by molar-refractivity contribution is 7.22. The first-order valence-corrected chi connectivity index (χ1v) is 22.9. The van der Waals surface area contributed by atoms with Gasteiger partial charge in [-0.1, -0.05) is 202 Å². The molecule has 3 heterocycles. The molecular weight excluding hydrogens is 741 g/mol. The zero-order valence-electron chi connectivity index (χ0n) is 33.5. The summed E-state index contributed by atoms with van der Waals surface area (Å²) in [4.78, 5) is 10.6. The van der Waals surface area contributed by atoms with Crippen LogP contribution in [0.2, 0.25) is 0 Å². The van der Waals surface area contributed by atoms with Gasteiger partial charge >= 0.3 is 0 Å². The molecule has 12 rings (SSSR count). The summed E-state index contributed by atoms with van der Waals surface area (Å²) >= 11 is 0. The average molecular weight is 781 g/mol. The molecule has 3 heteroatoms. The van der Waals surface area contributed by atoms with Gasteiger partial charge in [0.25, 0.3) is 0 Å². The lowest BCUT2D eigenvalue weighted by atomic mass is 9.82. The molecular formula is C57H40N2Si. The molecule has 0 atom stereocenters. The van der Waals surface area contributed by atoms with Crippen molar-refractivity contribution in [1.82, 2.24) is 9.97 Å². The number of nitrogens with zero attached hydrogens (tertiary/aromatic N) is 2. The SMILES string of the molecule is CC1(C)c2ccccc2-c2ccc(-c3ccc4ccc5ccc(-c6ccc(-c7ccc([Si]8(c9ccccc9)c9ccccc9-c9ccccc98)cc7)cc6)nc5c4n3)cc21. The first-order valence-electron chi connectivity index (χ1n) is 20.9. The van der Waals surface area contributed by atoms with Gasteiger partial charge in [-0.2, -0.15) is 0 Å². The molecule has 0 N–H and O–H groups in total. The minimum Gasteiger partial charge on any atom is -0.245 e. The molecule has 1 aliphatic heterocycles. The van der Waals surface area contributed by atoms with Gasteiger partial charge in [0, 0.05) is 27.3 Å². The molecule has 282 valence electrons. The van der Waals surface area contributed by atoms with Crippen molar-refractivity contribution in [3.63, 3.8) is 0 Å². The second kappa shape index (κ2) is 13.2. The molecule has 2 aromatic heterocycles. The van der Waals surface area contributed by atoms with Crippen molar-refractivity contribution in [2.75, 3.05) is 0 Å². The van der Waals surface area contributed by atoms with Gasteiger partial charge in [0.1, 0.15) is 0 Å². The zero-order valence-corrected chi connectivity index (χ0v) is 34.5. The van der Waals surface area contributed by atoms with E-state index in [4.69, 9.17) is 9.97 Å². The van der Waals surface area contributed by atoms with Gasteiger partial charge in [-0.15, -0.1) is 0 Å². The van der Waals surface area contributed by atoms with Crippen LogP contribution in [0, 0.1) is 0 Å². The number of benzene rings is 8. The Balaban J connectivity index is 0.886. The van der Waals surface area contributed by atoms with Gasteiger partial charge in [-0.3, -0.25) is 0 Å². The average Bonchev–Trinajstić information content (AvgIpc) is 3.74. The van der Waals surface area contributed by atoms with E-state index >= 15 is 0 Å². The Morgan fingerprint density at radius 3 is 1.43 bits per heavy atom. The highest BCUT2D eigenvalue weighted by Crippen LogP contribution is 2.49. The first kappa shape index (κ1) is 34.8. The lowest BCUT2D eigenvalue weighted by Crippen LogP contribution is -2.72. The smallest absolute Gasteiger partial charge is 0.180 e. The third-order valence-electron chi connectivity index (χ3n) is 13.4. The lowest BCUT2D eigenvalue weighted by molar-refractivity contribution is 0.660. The van der Waals surface area contributed by atoms with Crippen molar-refractivity contribution >= 4 is 50.6 Å². The van der Waals surface area contributed by atoms with Gasteiger partial charge in [-0.25, -0.2) is 9.97 Å². The Bertz CT molecular complexity index is 3280. The summed E-state index contributed by atoms with van der Waals surface area (Å²) < 4.78 is 0. The van der Waals surface area contributed by atoms with Crippen LogP contribution in [0.4, 0.5) is 0 Å². The van der Waals surface area contributed by atoms with Crippen LogP contribution < -0.4 is 20.7 Å². The number of pyridine rings is 2. The Labute approximate surface area is 351 Å². The molecule has 0 bridgehead atoms. The van der Waals surface area contributed by atoms with Gasteiger partial charge in [0.2, 0.25) is 0 Å². The maximum absolute atomic E-state index is 5.31. The summed E-state index contributed by atoms with van der Waals surface area (Å²) in [6.45, 7) is 4.66. The van der Waals surface area contributed by atoms with Gasteiger partial charge < -0.3 is 0 Å². The molecule has 2 aliphatic rings. The van der Waals surface area contributed by atoms with E-state index in [9.17, 15) is 0 Å². The van der Waals surface area contributed by atoms with Crippen LogP contribution in [0.15, 0.2) is 206 Å². The van der Waals surface area contributed by atoms with E-state index in [0.29, 0.717) is 0 Å². The summed E-state index contributed by atoms with van der Waals surface area (Å²) in [7, 11) is -2.50. The highest BCUT2D eigenvalue weighted by atomic mass is 28.3. The number of fused-ring (bicyclic) bond motifs is 9. The molecule has 0 unspecified atom stereocenters. The maximum Gasteiger partial charge on any atom is 0.180 e. The second-order valence-corrected chi connectivity index (χ2v) is 20.6. The third kappa shape index (κ3) is 5.06. The van der Waals surface area contributed by atoms with Crippen LogP contribution in [-0.4, -0.2) is 18.0 Å². The molecule has 2 nitrogen and oxygen atoms in total. The fraction of sp³-hybridized carbons (Fsp3) is 0.0526. The molecule has 0 radical (unpaired) electrons. The lowest BCUT2D eigenvalue weighted by Gasteiger charge is -2.31. The van der Waals surface area contributed by atoms with Crippen molar-refractivity contribution in [1.29, 1.82) is 0 Å². The minimum absolute atomic E-state index is 0.0665. The molecule has 0 fully saturated rings. The molecule has 1 aliphatic carbocycles. The monoisotopic (exact) mass is 780 g/mol. The Kier molecular flexibility index (Phi) is 7.63. The molecule has 0 saturated heterocycles. The van der Waals surface area contributed by atoms with Crippen LogP contribution in [0.1, 0.15) is 25.0 Å². The standard InChI is InChI=1S/C57H40N2Si/c1-57(2)49-17-9-6-14-45(49)46-33-28-42(36-50(46)57)52-35-30-41-25-24-40-29-34-51(58-55(40)56(41)59-52)39-22-20-37(21-23-39)38-26-31-44(32-27-38)60(43-12-4-3-5-13-43)53-18-10-7-15-47(53)48-16-8-11-19-54(48)60/h3-36H,1-2H3. The molecule has 0 saturated carbocycles. The van der Waals surface area contributed by atoms with Crippen molar-refractivity contribution in [3.8, 4) is 55.9 Å². The van der Waals surface area contributed by atoms with E-state index in [1.165, 1.54) is 65.3 Å². The minimum atomic E-state index is -2.50. The summed E-state index contributed by atoms with van der Waals surface area (Å²) in [5, 5.41) is 7.93. The maximum atomic E-state index is 5.31. The molecule has 0 spiro atoms. The van der Waals surface area contributed by atoms with Crippen LogP contribution in [0.25, 0.3) is 77.7 Å². The van der Waals surface area contributed by atoms with E-state index in [0.717, 1.165) is 44.3 Å². The second-order valence-electron chi connectivity index (χ2n) is 16.9. The molecule has 0 amide bonds. The van der Waals surface area contributed by atoms with E-state index in [2.05, 4.69) is 220 Å². The quantitative estimate of drug-likeness (QED) is 0.128. The van der Waals surface area contributed by atoms with Gasteiger partial charge in [0.05, 0.1) is 22.4 Å². The van der Waals surface area contributed by atoms with E-state index in [1.54, 1.807) is 0 Å². The molecule has 8 aromatic carbocycles. The van der Waals surface area contributed by atoms with Crippen molar-refractivity contribution in [3.05, 3.63) is 217 Å². The van der Waals surface area contributed by atoms with Crippen LogP contribution in [0.5, 0.6) is 0 Å². The van der Waals surface area contributed by atoms with Crippen molar-refractivity contribution < 1.29 is 0 Å². The topological polar surface area (TPSA) is 25.8 Å². The zero-order chi connectivity index (χ0) is 40.0. The highest BCUT2D eigenvalue weighted by Gasteiger charge is 2.48. The molecule has 10 aromatic rings. The summed E-state index contributed by atoms with van der Waals surface area (Å²) in [6.07, 6.45) is 0. The van der Waals surface area contributed by atoms with E-state index < -0.39 is 8.07 Å². The number of aromatic nitrogens is 2. The predicted octanol–water partition coefficient (Wildman–Crippen LogP) is 11.4. The summed E-state index contributed by atoms with van der Waals surface area (Å²) in [6, 6.07) is 76.2. The van der Waals surface area contributed by atoms with Crippen molar-refractivity contribution in [2.24, 2.45) is 0 Å². The van der Waals surface area contributed by atoms with E-state index in [-0.39, 0.29) is 5.41 Å². The summed E-state index contributed by atoms with van der Waals surface area (Å²) in [5.74, 6) is 0. The first-order chi connectivity index (χ1) is 29.5. The number of rotatable bonds is 5.